The maximum absolute atomic E-state index is 13.4. The van der Waals surface area contributed by atoms with Gasteiger partial charge in [0.2, 0.25) is 5.91 Å². The van der Waals surface area contributed by atoms with Crippen molar-refractivity contribution in [1.29, 1.82) is 0 Å². The van der Waals surface area contributed by atoms with Gasteiger partial charge in [-0.05, 0) is 55.0 Å². The molecule has 7 heteroatoms. The highest BCUT2D eigenvalue weighted by atomic mass is 32.1. The largest absolute Gasteiger partial charge is 0.338 e. The molecule has 5 rings (SSSR count). The monoisotopic (exact) mass is 488 g/mol. The number of nitrogens with zero attached hydrogens (tertiary/aromatic N) is 3. The molecule has 0 unspecified atom stereocenters. The summed E-state index contributed by atoms with van der Waals surface area (Å²) < 4.78 is 0. The van der Waals surface area contributed by atoms with Gasteiger partial charge in [0.25, 0.3) is 0 Å². The van der Waals surface area contributed by atoms with Crippen LogP contribution in [0.3, 0.4) is 0 Å². The van der Waals surface area contributed by atoms with Crippen molar-refractivity contribution in [2.24, 2.45) is 0 Å². The summed E-state index contributed by atoms with van der Waals surface area (Å²) >= 11 is 1.81. The van der Waals surface area contributed by atoms with Crippen LogP contribution in [-0.4, -0.2) is 65.4 Å². The van der Waals surface area contributed by atoms with Crippen molar-refractivity contribution < 1.29 is 9.59 Å². The van der Waals surface area contributed by atoms with E-state index in [1.54, 1.807) is 0 Å². The summed E-state index contributed by atoms with van der Waals surface area (Å²) in [6.07, 6.45) is 0.979. The second-order valence-corrected chi connectivity index (χ2v) is 10.5. The maximum atomic E-state index is 13.4. The summed E-state index contributed by atoms with van der Waals surface area (Å²) in [5.74, 6) is 0.134. The van der Waals surface area contributed by atoms with Gasteiger partial charge in [-0.1, -0.05) is 48.0 Å². The zero-order valence-corrected chi connectivity index (χ0v) is 21.1. The average molecular weight is 489 g/mol. The lowest BCUT2D eigenvalue weighted by Gasteiger charge is -2.41. The Morgan fingerprint density at radius 2 is 1.77 bits per heavy atom. The smallest absolute Gasteiger partial charge is 0.322 e. The van der Waals surface area contributed by atoms with Gasteiger partial charge in [-0.3, -0.25) is 9.69 Å². The molecule has 0 saturated carbocycles. The molecule has 1 aromatic heterocycles. The summed E-state index contributed by atoms with van der Waals surface area (Å²) in [6.45, 7) is 6.92. The molecule has 2 atom stereocenters. The molecule has 0 aliphatic carbocycles. The highest BCUT2D eigenvalue weighted by Gasteiger charge is 2.34. The van der Waals surface area contributed by atoms with Crippen LogP contribution in [0, 0.1) is 6.92 Å². The Morgan fingerprint density at radius 3 is 2.51 bits per heavy atom. The number of fused-ring (bicyclic) bond motifs is 1. The predicted molar refractivity (Wildman–Crippen MR) is 141 cm³/mol. The van der Waals surface area contributed by atoms with Crippen LogP contribution < -0.4 is 5.32 Å². The van der Waals surface area contributed by atoms with E-state index >= 15 is 0 Å². The SMILES string of the molecule is Cc1ccc(NC(=O)N2CCN(C(=O)CN3CCc4sccc4[C@@H]3c3ccccc3)C[C@H]2C)cc1. The Morgan fingerprint density at radius 1 is 1.00 bits per heavy atom. The standard InChI is InChI=1S/C28H32N4O2S/c1-20-8-10-23(11-9-20)29-28(34)32-16-15-30(18-21(32)2)26(33)19-31-14-12-25-24(13-17-35-25)27(31)22-6-4-3-5-7-22/h3-11,13,17,21,27H,12,14-16,18-19H2,1-2H3,(H,29,34)/t21-,27+/m1/s1. The van der Waals surface area contributed by atoms with E-state index in [-0.39, 0.29) is 24.0 Å². The van der Waals surface area contributed by atoms with Crippen LogP contribution >= 0.6 is 11.3 Å². The van der Waals surface area contributed by atoms with Gasteiger partial charge in [0.05, 0.1) is 12.6 Å². The molecule has 0 radical (unpaired) electrons. The molecule has 0 spiro atoms. The van der Waals surface area contributed by atoms with E-state index in [1.165, 1.54) is 16.0 Å². The van der Waals surface area contributed by atoms with Crippen molar-refractivity contribution in [3.63, 3.8) is 0 Å². The summed E-state index contributed by atoms with van der Waals surface area (Å²) in [5, 5.41) is 5.15. The van der Waals surface area contributed by atoms with Crippen LogP contribution in [0.1, 0.15) is 34.5 Å². The molecule has 0 bridgehead atoms. The Kier molecular flexibility index (Phi) is 6.88. The number of thiophene rings is 1. The van der Waals surface area contributed by atoms with Crippen LogP contribution in [0.2, 0.25) is 0 Å². The summed E-state index contributed by atoms with van der Waals surface area (Å²) in [6, 6.07) is 20.4. The van der Waals surface area contributed by atoms with Crippen LogP contribution in [0.4, 0.5) is 10.5 Å². The van der Waals surface area contributed by atoms with Gasteiger partial charge in [0, 0.05) is 42.8 Å². The molecule has 3 amide bonds. The van der Waals surface area contributed by atoms with Gasteiger partial charge in [0.15, 0.2) is 0 Å². The quantitative estimate of drug-likeness (QED) is 0.576. The third-order valence-electron chi connectivity index (χ3n) is 7.06. The number of anilines is 1. The van der Waals surface area contributed by atoms with Crippen LogP contribution in [-0.2, 0) is 11.2 Å². The summed E-state index contributed by atoms with van der Waals surface area (Å²) in [4.78, 5) is 33.7. The van der Waals surface area contributed by atoms with E-state index in [9.17, 15) is 9.59 Å². The van der Waals surface area contributed by atoms with Crippen molar-refractivity contribution >= 4 is 29.0 Å². The number of carbonyl (C=O) groups is 2. The number of nitrogens with one attached hydrogen (secondary N) is 1. The fourth-order valence-electron chi connectivity index (χ4n) is 5.16. The van der Waals surface area contributed by atoms with E-state index in [4.69, 9.17) is 0 Å². The predicted octanol–water partition coefficient (Wildman–Crippen LogP) is 4.77. The molecule has 182 valence electrons. The van der Waals surface area contributed by atoms with E-state index in [2.05, 4.69) is 45.9 Å². The molecular weight excluding hydrogens is 456 g/mol. The minimum absolute atomic E-state index is 0.0482. The molecule has 3 aromatic rings. The molecule has 1 N–H and O–H groups in total. The molecule has 2 aromatic carbocycles. The molecule has 1 fully saturated rings. The Balaban J connectivity index is 1.23. The highest BCUT2D eigenvalue weighted by Crippen LogP contribution is 2.37. The fraction of sp³-hybridized carbons (Fsp3) is 0.357. The minimum Gasteiger partial charge on any atom is -0.338 e. The van der Waals surface area contributed by atoms with Gasteiger partial charge in [0.1, 0.15) is 0 Å². The third kappa shape index (κ3) is 5.11. The number of benzene rings is 2. The van der Waals surface area contributed by atoms with Gasteiger partial charge in [-0.25, -0.2) is 4.79 Å². The molecule has 1 saturated heterocycles. The minimum atomic E-state index is -0.112. The Bertz CT molecular complexity index is 1180. The second kappa shape index (κ2) is 10.2. The number of rotatable bonds is 4. The van der Waals surface area contributed by atoms with Crippen LogP contribution in [0.5, 0.6) is 0 Å². The van der Waals surface area contributed by atoms with E-state index in [0.717, 1.165) is 24.2 Å². The van der Waals surface area contributed by atoms with Crippen molar-refractivity contribution in [3.05, 3.63) is 87.6 Å². The van der Waals surface area contributed by atoms with E-state index in [0.29, 0.717) is 26.2 Å². The summed E-state index contributed by atoms with van der Waals surface area (Å²) in [5.41, 5.74) is 4.50. The third-order valence-corrected chi connectivity index (χ3v) is 8.06. The second-order valence-electron chi connectivity index (χ2n) is 9.51. The Labute approximate surface area is 211 Å². The highest BCUT2D eigenvalue weighted by molar-refractivity contribution is 7.10. The van der Waals surface area contributed by atoms with Gasteiger partial charge in [-0.15, -0.1) is 11.3 Å². The molecule has 35 heavy (non-hydrogen) atoms. The lowest BCUT2D eigenvalue weighted by atomic mass is 9.93. The van der Waals surface area contributed by atoms with Crippen molar-refractivity contribution in [2.45, 2.75) is 32.4 Å². The van der Waals surface area contributed by atoms with Crippen LogP contribution in [0.15, 0.2) is 66.0 Å². The van der Waals surface area contributed by atoms with Gasteiger partial charge >= 0.3 is 6.03 Å². The first-order valence-electron chi connectivity index (χ1n) is 12.3. The maximum Gasteiger partial charge on any atom is 0.322 e. The van der Waals surface area contributed by atoms with E-state index in [1.807, 2.05) is 65.3 Å². The number of hydrogen-bond acceptors (Lipinski definition) is 4. The van der Waals surface area contributed by atoms with Crippen molar-refractivity contribution in [1.82, 2.24) is 14.7 Å². The number of aryl methyl sites for hydroxylation is 1. The number of carbonyl (C=O) groups excluding carboxylic acids is 2. The van der Waals surface area contributed by atoms with Gasteiger partial charge < -0.3 is 15.1 Å². The first kappa shape index (κ1) is 23.6. The molecule has 2 aliphatic heterocycles. The lowest BCUT2D eigenvalue weighted by Crippen LogP contribution is -2.58. The van der Waals surface area contributed by atoms with Crippen LogP contribution in [0.25, 0.3) is 0 Å². The average Bonchev–Trinajstić information content (AvgIpc) is 3.34. The number of urea groups is 1. The topological polar surface area (TPSA) is 55.9 Å². The molecule has 3 heterocycles. The van der Waals surface area contributed by atoms with E-state index < -0.39 is 0 Å². The first-order chi connectivity index (χ1) is 17.0. The molecular formula is C28H32N4O2S. The normalized spacial score (nSPS) is 20.4. The zero-order valence-electron chi connectivity index (χ0n) is 20.3. The Hall–Kier alpha value is -3.16. The summed E-state index contributed by atoms with van der Waals surface area (Å²) in [7, 11) is 0. The lowest BCUT2D eigenvalue weighted by molar-refractivity contribution is -0.135. The fourth-order valence-corrected chi connectivity index (χ4v) is 6.06. The number of piperazine rings is 1. The molecule has 2 aliphatic rings. The van der Waals surface area contributed by atoms with Gasteiger partial charge in [-0.2, -0.15) is 0 Å². The number of amides is 3. The first-order valence-corrected chi connectivity index (χ1v) is 13.1. The molecule has 6 nitrogen and oxygen atoms in total. The van der Waals surface area contributed by atoms with Crippen molar-refractivity contribution in [3.8, 4) is 0 Å². The number of hydrogen-bond donors (Lipinski definition) is 1. The zero-order chi connectivity index (χ0) is 24.4. The van der Waals surface area contributed by atoms with Crippen molar-refractivity contribution in [2.75, 3.05) is 38.0 Å².